The molecule has 3 aromatic rings. The molecular formula is C27H37NOS. The third-order valence-electron chi connectivity index (χ3n) is 5.64. The molecule has 1 heterocycles. The van der Waals surface area contributed by atoms with Crippen molar-refractivity contribution in [3.05, 3.63) is 48.0 Å². The van der Waals surface area contributed by atoms with Gasteiger partial charge in [-0.1, -0.05) is 71.3 Å². The minimum Gasteiger partial charge on any atom is -0.494 e. The van der Waals surface area contributed by atoms with Crippen LogP contribution in [0.4, 0.5) is 0 Å². The first-order valence-electron chi connectivity index (χ1n) is 11.9. The van der Waals surface area contributed by atoms with E-state index in [0.29, 0.717) is 0 Å². The van der Waals surface area contributed by atoms with E-state index in [9.17, 15) is 0 Å². The average Bonchev–Trinajstić information content (AvgIpc) is 3.20. The lowest BCUT2D eigenvalue weighted by Crippen LogP contribution is -1.97. The van der Waals surface area contributed by atoms with Gasteiger partial charge in [-0.05, 0) is 61.2 Å². The summed E-state index contributed by atoms with van der Waals surface area (Å²) in [4.78, 5) is 4.91. The third kappa shape index (κ3) is 7.12. The lowest BCUT2D eigenvalue weighted by molar-refractivity contribution is 0.304. The minimum atomic E-state index is 0.813. The molecule has 3 rings (SSSR count). The zero-order valence-corrected chi connectivity index (χ0v) is 19.6. The van der Waals surface area contributed by atoms with Crippen LogP contribution in [0.25, 0.3) is 20.8 Å². The van der Waals surface area contributed by atoms with Gasteiger partial charge in [-0.15, -0.1) is 11.3 Å². The maximum atomic E-state index is 5.92. The highest BCUT2D eigenvalue weighted by atomic mass is 32.1. The van der Waals surface area contributed by atoms with E-state index in [4.69, 9.17) is 9.72 Å². The Morgan fingerprint density at radius 2 is 1.47 bits per heavy atom. The monoisotopic (exact) mass is 423 g/mol. The topological polar surface area (TPSA) is 22.1 Å². The highest BCUT2D eigenvalue weighted by Crippen LogP contribution is 2.32. The predicted molar refractivity (Wildman–Crippen MR) is 132 cm³/mol. The molecule has 3 heteroatoms. The van der Waals surface area contributed by atoms with E-state index < -0.39 is 0 Å². The normalized spacial score (nSPS) is 11.3. The lowest BCUT2D eigenvalue weighted by Gasteiger charge is -2.06. The van der Waals surface area contributed by atoms with Crippen LogP contribution < -0.4 is 4.74 Å². The van der Waals surface area contributed by atoms with E-state index >= 15 is 0 Å². The van der Waals surface area contributed by atoms with Gasteiger partial charge in [-0.25, -0.2) is 4.98 Å². The molecule has 0 atom stereocenters. The number of unbranched alkanes of at least 4 members (excludes halogenated alkanes) is 8. The summed E-state index contributed by atoms with van der Waals surface area (Å²) in [5.74, 6) is 0.961. The summed E-state index contributed by atoms with van der Waals surface area (Å²) in [5, 5.41) is 1.09. The number of nitrogens with zero attached hydrogens (tertiary/aromatic N) is 1. The van der Waals surface area contributed by atoms with Crippen molar-refractivity contribution < 1.29 is 4.74 Å². The first-order chi connectivity index (χ1) is 14.8. The quantitative estimate of drug-likeness (QED) is 0.242. The summed E-state index contributed by atoms with van der Waals surface area (Å²) in [5.41, 5.74) is 3.72. The van der Waals surface area contributed by atoms with Crippen LogP contribution in [-0.4, -0.2) is 11.6 Å². The summed E-state index contributed by atoms with van der Waals surface area (Å²) in [6.07, 6.45) is 14.1. The Kier molecular flexibility index (Phi) is 9.69. The van der Waals surface area contributed by atoms with Gasteiger partial charge in [-0.2, -0.15) is 0 Å². The van der Waals surface area contributed by atoms with Gasteiger partial charge in [-0.3, -0.25) is 0 Å². The maximum absolute atomic E-state index is 5.92. The first kappa shape index (κ1) is 22.8. The molecule has 0 spiro atoms. The molecule has 2 nitrogen and oxygen atoms in total. The van der Waals surface area contributed by atoms with Gasteiger partial charge < -0.3 is 4.74 Å². The molecule has 0 aliphatic carbocycles. The molecule has 162 valence electrons. The molecular weight excluding hydrogens is 386 g/mol. The standard InChI is InChI=1S/C27H37NOS/c1-3-5-7-9-10-12-20-29-24-17-15-23(16-18-24)27-28-25-21-22(13-11-8-6-4-2)14-19-26(25)30-27/h14-19,21H,3-13,20H2,1-2H3. The second kappa shape index (κ2) is 12.7. The second-order valence-corrected chi connectivity index (χ2v) is 9.30. The maximum Gasteiger partial charge on any atom is 0.124 e. The molecule has 0 aliphatic heterocycles. The van der Waals surface area contributed by atoms with E-state index in [-0.39, 0.29) is 0 Å². The lowest BCUT2D eigenvalue weighted by atomic mass is 10.1. The molecule has 0 fully saturated rings. The van der Waals surface area contributed by atoms with Crippen molar-refractivity contribution in [2.24, 2.45) is 0 Å². The average molecular weight is 424 g/mol. The number of hydrogen-bond donors (Lipinski definition) is 0. The van der Waals surface area contributed by atoms with Gasteiger partial charge >= 0.3 is 0 Å². The number of fused-ring (bicyclic) bond motifs is 1. The Bertz CT molecular complexity index is 868. The molecule has 0 aliphatic rings. The van der Waals surface area contributed by atoms with Crippen LogP contribution in [0.15, 0.2) is 42.5 Å². The van der Waals surface area contributed by atoms with Gasteiger partial charge in [0.05, 0.1) is 16.8 Å². The number of hydrogen-bond acceptors (Lipinski definition) is 3. The molecule has 0 amide bonds. The van der Waals surface area contributed by atoms with Crippen LogP contribution in [0.2, 0.25) is 0 Å². The van der Waals surface area contributed by atoms with Gasteiger partial charge in [0, 0.05) is 5.56 Å². The summed E-state index contributed by atoms with van der Waals surface area (Å²) in [7, 11) is 0. The Morgan fingerprint density at radius 1 is 0.767 bits per heavy atom. The summed E-state index contributed by atoms with van der Waals surface area (Å²) >= 11 is 1.78. The number of ether oxygens (including phenoxy) is 1. The highest BCUT2D eigenvalue weighted by molar-refractivity contribution is 7.21. The van der Waals surface area contributed by atoms with Gasteiger partial charge in [0.2, 0.25) is 0 Å². The van der Waals surface area contributed by atoms with Crippen LogP contribution in [0.3, 0.4) is 0 Å². The molecule has 0 saturated carbocycles. The number of aryl methyl sites for hydroxylation is 1. The van der Waals surface area contributed by atoms with Gasteiger partial charge in [0.15, 0.2) is 0 Å². The molecule has 2 aromatic carbocycles. The van der Waals surface area contributed by atoms with E-state index in [0.717, 1.165) is 35.7 Å². The largest absolute Gasteiger partial charge is 0.494 e. The fourth-order valence-corrected chi connectivity index (χ4v) is 4.73. The fourth-order valence-electron chi connectivity index (χ4n) is 3.77. The Hall–Kier alpha value is -1.87. The van der Waals surface area contributed by atoms with Crippen LogP contribution in [0.5, 0.6) is 5.75 Å². The van der Waals surface area contributed by atoms with Crippen molar-refractivity contribution in [3.8, 4) is 16.3 Å². The van der Waals surface area contributed by atoms with Crippen molar-refractivity contribution in [3.63, 3.8) is 0 Å². The van der Waals surface area contributed by atoms with Gasteiger partial charge in [0.25, 0.3) is 0 Å². The Balaban J connectivity index is 1.51. The zero-order chi connectivity index (χ0) is 21.0. The molecule has 1 aromatic heterocycles. The molecule has 0 N–H and O–H groups in total. The molecule has 30 heavy (non-hydrogen) atoms. The van der Waals surface area contributed by atoms with E-state index in [1.165, 1.54) is 73.6 Å². The van der Waals surface area contributed by atoms with Crippen LogP contribution >= 0.6 is 11.3 Å². The predicted octanol–water partition coefficient (Wildman–Crippen LogP) is 8.83. The molecule has 0 radical (unpaired) electrons. The summed E-state index contributed by atoms with van der Waals surface area (Å²) in [6, 6.07) is 15.2. The SMILES string of the molecule is CCCCCCCCOc1ccc(-c2nc3cc(CCCCCC)ccc3s2)cc1. The van der Waals surface area contributed by atoms with E-state index in [1.807, 2.05) is 0 Å². The van der Waals surface area contributed by atoms with Crippen LogP contribution in [-0.2, 0) is 6.42 Å². The van der Waals surface area contributed by atoms with Crippen LogP contribution in [0, 0.1) is 0 Å². The fraction of sp³-hybridized carbons (Fsp3) is 0.519. The highest BCUT2D eigenvalue weighted by Gasteiger charge is 2.08. The van der Waals surface area contributed by atoms with E-state index in [2.05, 4.69) is 56.3 Å². The van der Waals surface area contributed by atoms with Crippen molar-refractivity contribution in [2.75, 3.05) is 6.61 Å². The van der Waals surface area contributed by atoms with Crippen molar-refractivity contribution in [2.45, 2.75) is 84.5 Å². The number of aromatic nitrogens is 1. The van der Waals surface area contributed by atoms with Crippen molar-refractivity contribution >= 4 is 21.6 Å². The smallest absolute Gasteiger partial charge is 0.124 e. The van der Waals surface area contributed by atoms with Crippen molar-refractivity contribution in [1.82, 2.24) is 4.98 Å². The summed E-state index contributed by atoms with van der Waals surface area (Å²) in [6.45, 7) is 5.33. The Labute approximate surface area is 186 Å². The van der Waals surface area contributed by atoms with Crippen molar-refractivity contribution in [1.29, 1.82) is 0 Å². The molecule has 0 unspecified atom stereocenters. The number of thiazole rings is 1. The van der Waals surface area contributed by atoms with Gasteiger partial charge in [0.1, 0.15) is 10.8 Å². The zero-order valence-electron chi connectivity index (χ0n) is 18.8. The second-order valence-electron chi connectivity index (χ2n) is 8.27. The van der Waals surface area contributed by atoms with E-state index in [1.54, 1.807) is 11.3 Å². The number of benzene rings is 2. The van der Waals surface area contributed by atoms with Crippen LogP contribution in [0.1, 0.15) is 83.6 Å². The Morgan fingerprint density at radius 3 is 2.23 bits per heavy atom. The molecule has 0 saturated heterocycles. The minimum absolute atomic E-state index is 0.813. The summed E-state index contributed by atoms with van der Waals surface area (Å²) < 4.78 is 7.19. The third-order valence-corrected chi connectivity index (χ3v) is 6.72. The molecule has 0 bridgehead atoms. The first-order valence-corrected chi connectivity index (χ1v) is 12.7. The number of rotatable bonds is 14.